The third kappa shape index (κ3) is 4.63. The van der Waals surface area contributed by atoms with Gasteiger partial charge in [0.1, 0.15) is 11.3 Å². The van der Waals surface area contributed by atoms with E-state index in [0.717, 1.165) is 5.56 Å². The van der Waals surface area contributed by atoms with Gasteiger partial charge in [-0.15, -0.1) is 0 Å². The number of carbonyl (C=O) groups is 2. The molecule has 1 amide bonds. The SMILES string of the molecule is CC1=NN(c2ccc(C(C)(C)C)cc2)C(=O)C1=NNc1ccc(-c2ccccc2)c(O)c1C(=O)O. The molecule has 4 rings (SSSR count). The van der Waals surface area contributed by atoms with E-state index in [4.69, 9.17) is 0 Å². The fourth-order valence-corrected chi connectivity index (χ4v) is 3.77. The number of rotatable bonds is 5. The highest BCUT2D eigenvalue weighted by Gasteiger charge is 2.31. The van der Waals surface area contributed by atoms with Crippen molar-refractivity contribution in [3.05, 3.63) is 77.9 Å². The highest BCUT2D eigenvalue weighted by Crippen LogP contribution is 2.36. The molecule has 0 aliphatic carbocycles. The number of nitrogens with zero attached hydrogens (tertiary/aromatic N) is 3. The molecular formula is C27H26N4O4. The fourth-order valence-electron chi connectivity index (χ4n) is 3.77. The Morgan fingerprint density at radius 2 is 1.66 bits per heavy atom. The Morgan fingerprint density at radius 3 is 2.26 bits per heavy atom. The molecule has 1 aliphatic heterocycles. The van der Waals surface area contributed by atoms with E-state index in [0.29, 0.717) is 22.5 Å². The third-order valence-corrected chi connectivity index (χ3v) is 5.73. The van der Waals surface area contributed by atoms with Crippen LogP contribution in [-0.4, -0.2) is 33.5 Å². The van der Waals surface area contributed by atoms with Crippen molar-refractivity contribution in [2.75, 3.05) is 10.4 Å². The molecule has 0 fully saturated rings. The van der Waals surface area contributed by atoms with Crippen LogP contribution in [0.4, 0.5) is 11.4 Å². The maximum Gasteiger partial charge on any atom is 0.341 e. The molecule has 0 saturated heterocycles. The summed E-state index contributed by atoms with van der Waals surface area (Å²) in [5.41, 5.74) is 5.53. The van der Waals surface area contributed by atoms with Gasteiger partial charge in [0.15, 0.2) is 5.71 Å². The Bertz CT molecular complexity index is 1350. The normalized spacial score (nSPS) is 14.9. The molecule has 0 radical (unpaired) electrons. The molecule has 0 aromatic heterocycles. The number of anilines is 2. The number of hydrogen-bond acceptors (Lipinski definition) is 6. The van der Waals surface area contributed by atoms with E-state index in [-0.39, 0.29) is 22.4 Å². The van der Waals surface area contributed by atoms with Crippen molar-refractivity contribution in [1.29, 1.82) is 0 Å². The molecule has 0 saturated carbocycles. The predicted octanol–water partition coefficient (Wildman–Crippen LogP) is 5.25. The third-order valence-electron chi connectivity index (χ3n) is 5.73. The molecule has 0 bridgehead atoms. The summed E-state index contributed by atoms with van der Waals surface area (Å²) < 4.78 is 0. The summed E-state index contributed by atoms with van der Waals surface area (Å²) >= 11 is 0. The number of hydrazone groups is 2. The van der Waals surface area contributed by atoms with Crippen molar-refractivity contribution in [3.63, 3.8) is 0 Å². The van der Waals surface area contributed by atoms with Gasteiger partial charge in [0.2, 0.25) is 0 Å². The van der Waals surface area contributed by atoms with Crippen molar-refractivity contribution in [1.82, 2.24) is 0 Å². The van der Waals surface area contributed by atoms with Crippen LogP contribution in [0.3, 0.4) is 0 Å². The zero-order valence-corrected chi connectivity index (χ0v) is 19.9. The lowest BCUT2D eigenvalue weighted by Gasteiger charge is -2.20. The van der Waals surface area contributed by atoms with E-state index < -0.39 is 17.6 Å². The van der Waals surface area contributed by atoms with Crippen molar-refractivity contribution in [2.24, 2.45) is 10.2 Å². The molecular weight excluding hydrogens is 444 g/mol. The summed E-state index contributed by atoms with van der Waals surface area (Å²) in [6.07, 6.45) is 0. The number of carbonyl (C=O) groups excluding carboxylic acids is 1. The second-order valence-corrected chi connectivity index (χ2v) is 9.23. The number of amides is 1. The fraction of sp³-hybridized carbons (Fsp3) is 0.185. The van der Waals surface area contributed by atoms with Gasteiger partial charge in [0, 0.05) is 5.56 Å². The van der Waals surface area contributed by atoms with Crippen LogP contribution in [0.1, 0.15) is 43.6 Å². The monoisotopic (exact) mass is 470 g/mol. The summed E-state index contributed by atoms with van der Waals surface area (Å²) in [5, 5.41) is 30.2. The van der Waals surface area contributed by atoms with E-state index in [1.807, 2.05) is 30.3 Å². The lowest BCUT2D eigenvalue weighted by molar-refractivity contribution is -0.112. The highest BCUT2D eigenvalue weighted by molar-refractivity contribution is 6.71. The van der Waals surface area contributed by atoms with Gasteiger partial charge in [-0.2, -0.15) is 15.2 Å². The summed E-state index contributed by atoms with van der Waals surface area (Å²) in [5.74, 6) is -2.16. The average Bonchev–Trinajstić information content (AvgIpc) is 3.10. The van der Waals surface area contributed by atoms with E-state index in [2.05, 4.69) is 36.4 Å². The molecule has 0 atom stereocenters. The Balaban J connectivity index is 1.62. The summed E-state index contributed by atoms with van der Waals surface area (Å²) in [7, 11) is 0. The maximum atomic E-state index is 13.0. The standard InChI is InChI=1S/C27H26N4O4/c1-16-23(25(33)31(30-16)19-12-10-18(11-13-19)27(2,3)4)29-28-21-15-14-20(17-8-6-5-7-9-17)24(32)22(21)26(34)35/h5-15,28,32H,1-4H3,(H,34,35). The Hall–Kier alpha value is -4.46. The second kappa shape index (κ2) is 9.06. The zero-order valence-electron chi connectivity index (χ0n) is 19.9. The van der Waals surface area contributed by atoms with Crippen LogP contribution in [-0.2, 0) is 10.2 Å². The van der Waals surface area contributed by atoms with Gasteiger partial charge in [-0.05, 0) is 47.7 Å². The summed E-state index contributed by atoms with van der Waals surface area (Å²) in [4.78, 5) is 25.0. The van der Waals surface area contributed by atoms with E-state index >= 15 is 0 Å². The number of carboxylic acid groups (broad SMARTS) is 1. The average molecular weight is 471 g/mol. The van der Waals surface area contributed by atoms with Gasteiger partial charge in [0.05, 0.1) is 17.1 Å². The molecule has 178 valence electrons. The Morgan fingerprint density at radius 1 is 1.00 bits per heavy atom. The van der Waals surface area contributed by atoms with Crippen LogP contribution in [0.15, 0.2) is 76.9 Å². The zero-order chi connectivity index (χ0) is 25.3. The number of carboxylic acids is 1. The predicted molar refractivity (Wildman–Crippen MR) is 137 cm³/mol. The largest absolute Gasteiger partial charge is 0.506 e. The quantitative estimate of drug-likeness (QED) is 0.441. The van der Waals surface area contributed by atoms with Crippen LogP contribution in [0.2, 0.25) is 0 Å². The van der Waals surface area contributed by atoms with Gasteiger partial charge in [-0.25, -0.2) is 4.79 Å². The number of nitrogens with one attached hydrogen (secondary N) is 1. The first-order chi connectivity index (χ1) is 16.6. The van der Waals surface area contributed by atoms with E-state index in [1.165, 1.54) is 11.1 Å². The molecule has 3 aromatic rings. The minimum atomic E-state index is -1.33. The number of benzene rings is 3. The number of hydrogen-bond donors (Lipinski definition) is 3. The molecule has 35 heavy (non-hydrogen) atoms. The molecule has 0 unspecified atom stereocenters. The van der Waals surface area contributed by atoms with E-state index in [1.54, 1.807) is 37.3 Å². The van der Waals surface area contributed by atoms with Crippen LogP contribution < -0.4 is 10.4 Å². The molecule has 3 N–H and O–H groups in total. The summed E-state index contributed by atoms with van der Waals surface area (Å²) in [6, 6.07) is 19.6. The van der Waals surface area contributed by atoms with Crippen molar-refractivity contribution >= 4 is 34.7 Å². The smallest absolute Gasteiger partial charge is 0.341 e. The second-order valence-electron chi connectivity index (χ2n) is 9.23. The van der Waals surface area contributed by atoms with Gasteiger partial charge < -0.3 is 10.2 Å². The van der Waals surface area contributed by atoms with Gasteiger partial charge in [-0.3, -0.25) is 10.2 Å². The number of aromatic carboxylic acids is 1. The lowest BCUT2D eigenvalue weighted by atomic mass is 9.87. The van der Waals surface area contributed by atoms with Crippen molar-refractivity contribution in [3.8, 4) is 16.9 Å². The first-order valence-electron chi connectivity index (χ1n) is 11.1. The molecule has 8 heteroatoms. The molecule has 1 heterocycles. The first-order valence-corrected chi connectivity index (χ1v) is 11.1. The first kappa shape index (κ1) is 23.7. The van der Waals surface area contributed by atoms with Gasteiger partial charge in [-0.1, -0.05) is 63.2 Å². The topological polar surface area (TPSA) is 115 Å². The maximum absolute atomic E-state index is 13.0. The van der Waals surface area contributed by atoms with Crippen LogP contribution in [0, 0.1) is 0 Å². The molecule has 0 spiro atoms. The molecule has 3 aromatic carbocycles. The minimum absolute atomic E-state index is 0.0211. The van der Waals surface area contributed by atoms with Crippen LogP contribution >= 0.6 is 0 Å². The van der Waals surface area contributed by atoms with E-state index in [9.17, 15) is 19.8 Å². The Labute approximate surface area is 203 Å². The number of phenols is 1. The van der Waals surface area contributed by atoms with Crippen LogP contribution in [0.5, 0.6) is 5.75 Å². The summed E-state index contributed by atoms with van der Waals surface area (Å²) in [6.45, 7) is 7.97. The number of aromatic hydroxyl groups is 1. The minimum Gasteiger partial charge on any atom is -0.506 e. The van der Waals surface area contributed by atoms with Gasteiger partial charge >= 0.3 is 11.9 Å². The molecule has 8 nitrogen and oxygen atoms in total. The van der Waals surface area contributed by atoms with Gasteiger partial charge in [0.25, 0.3) is 0 Å². The lowest BCUT2D eigenvalue weighted by Crippen LogP contribution is -2.28. The highest BCUT2D eigenvalue weighted by atomic mass is 16.4. The Kier molecular flexibility index (Phi) is 6.13. The van der Waals surface area contributed by atoms with Crippen LogP contribution in [0.25, 0.3) is 11.1 Å². The van der Waals surface area contributed by atoms with Crippen molar-refractivity contribution in [2.45, 2.75) is 33.1 Å². The molecule has 1 aliphatic rings. The van der Waals surface area contributed by atoms with Crippen molar-refractivity contribution < 1.29 is 19.8 Å².